The molecule has 0 aliphatic carbocycles. The summed E-state index contributed by atoms with van der Waals surface area (Å²) in [6.07, 6.45) is 0.830. The molecule has 3 rings (SSSR count). The Morgan fingerprint density at radius 1 is 1.29 bits per heavy atom. The van der Waals surface area contributed by atoms with Crippen molar-refractivity contribution in [1.29, 1.82) is 0 Å². The van der Waals surface area contributed by atoms with Gasteiger partial charge >= 0.3 is 0 Å². The Morgan fingerprint density at radius 3 is 3.00 bits per heavy atom. The van der Waals surface area contributed by atoms with Gasteiger partial charge in [0.25, 0.3) is 0 Å². The Hall–Kier alpha value is -1.77. The predicted molar refractivity (Wildman–Crippen MR) is 54.9 cm³/mol. The second kappa shape index (κ2) is 2.61. The monoisotopic (exact) mass is 186 g/mol. The minimum atomic E-state index is 0.793. The van der Waals surface area contributed by atoms with E-state index in [1.807, 2.05) is 12.1 Å². The summed E-state index contributed by atoms with van der Waals surface area (Å²) in [5.41, 5.74) is 3.07. The molecule has 3 nitrogen and oxygen atoms in total. The first-order chi connectivity index (χ1) is 6.90. The maximum absolute atomic E-state index is 8.81. The number of oxime groups is 1. The molecular weight excluding hydrogens is 176 g/mol. The number of rotatable bonds is 0. The van der Waals surface area contributed by atoms with Crippen molar-refractivity contribution in [2.45, 2.75) is 13.0 Å². The summed E-state index contributed by atoms with van der Waals surface area (Å²) < 4.78 is 2.20. The Bertz CT molecular complexity index is 525. The number of fused-ring (bicyclic) bond motifs is 3. The Balaban J connectivity index is 2.37. The number of benzene rings is 1. The molecule has 14 heavy (non-hydrogen) atoms. The zero-order chi connectivity index (χ0) is 9.54. The van der Waals surface area contributed by atoms with E-state index < -0.39 is 0 Å². The minimum absolute atomic E-state index is 0.793. The molecule has 0 radical (unpaired) electrons. The van der Waals surface area contributed by atoms with Crippen LogP contribution in [0, 0.1) is 0 Å². The molecule has 0 saturated heterocycles. The van der Waals surface area contributed by atoms with Crippen molar-refractivity contribution in [3.63, 3.8) is 0 Å². The highest BCUT2D eigenvalue weighted by atomic mass is 16.4. The molecule has 0 unspecified atom stereocenters. The van der Waals surface area contributed by atoms with Crippen LogP contribution in [0.1, 0.15) is 12.1 Å². The number of hydrogen-bond donors (Lipinski definition) is 1. The van der Waals surface area contributed by atoms with Crippen LogP contribution in [-0.4, -0.2) is 15.5 Å². The lowest BCUT2D eigenvalue weighted by molar-refractivity contribution is 0.318. The quantitative estimate of drug-likeness (QED) is 0.497. The van der Waals surface area contributed by atoms with E-state index in [0.29, 0.717) is 0 Å². The van der Waals surface area contributed by atoms with E-state index in [1.165, 1.54) is 10.9 Å². The van der Waals surface area contributed by atoms with E-state index >= 15 is 0 Å². The van der Waals surface area contributed by atoms with Gasteiger partial charge in [-0.3, -0.25) is 0 Å². The predicted octanol–water partition coefficient (Wildman–Crippen LogP) is 2.22. The van der Waals surface area contributed by atoms with Gasteiger partial charge in [-0.1, -0.05) is 23.4 Å². The Labute approximate surface area is 81.3 Å². The summed E-state index contributed by atoms with van der Waals surface area (Å²) in [5.74, 6) is 0. The highest BCUT2D eigenvalue weighted by Crippen LogP contribution is 2.25. The van der Waals surface area contributed by atoms with E-state index in [4.69, 9.17) is 5.21 Å². The molecule has 1 aromatic carbocycles. The van der Waals surface area contributed by atoms with Gasteiger partial charge in [-0.05, 0) is 12.1 Å². The fraction of sp³-hybridized carbons (Fsp3) is 0.182. The second-order valence-electron chi connectivity index (χ2n) is 3.54. The lowest BCUT2D eigenvalue weighted by Gasteiger charge is -1.97. The summed E-state index contributed by atoms with van der Waals surface area (Å²) in [7, 11) is 0. The van der Waals surface area contributed by atoms with Crippen LogP contribution in [0.5, 0.6) is 0 Å². The standard InChI is InChI=1S/C11H10N2O/c14-12-9-5-6-13-10-4-2-1-3-8(10)7-11(9)13/h1-4,7,14H,5-6H2/b12-9+. The number of aryl methyl sites for hydroxylation is 1. The van der Waals surface area contributed by atoms with Gasteiger partial charge in [0, 0.05) is 23.9 Å². The topological polar surface area (TPSA) is 37.5 Å². The lowest BCUT2D eigenvalue weighted by atomic mass is 10.2. The van der Waals surface area contributed by atoms with Crippen molar-refractivity contribution in [2.75, 3.05) is 0 Å². The van der Waals surface area contributed by atoms with E-state index in [-0.39, 0.29) is 0 Å². The summed E-state index contributed by atoms with van der Waals surface area (Å²) in [6.45, 7) is 0.919. The first-order valence-corrected chi connectivity index (χ1v) is 4.70. The molecule has 2 heterocycles. The van der Waals surface area contributed by atoms with Gasteiger partial charge < -0.3 is 9.77 Å². The number of nitrogens with zero attached hydrogens (tertiary/aromatic N) is 2. The van der Waals surface area contributed by atoms with Crippen molar-refractivity contribution in [3.05, 3.63) is 36.0 Å². The Kier molecular flexibility index (Phi) is 1.42. The van der Waals surface area contributed by atoms with E-state index in [9.17, 15) is 0 Å². The summed E-state index contributed by atoms with van der Waals surface area (Å²) in [6, 6.07) is 10.3. The van der Waals surface area contributed by atoms with Crippen LogP contribution in [0.25, 0.3) is 10.9 Å². The number of para-hydroxylation sites is 1. The molecule has 0 atom stereocenters. The molecule has 2 aromatic rings. The molecule has 1 aliphatic heterocycles. The third-order valence-electron chi connectivity index (χ3n) is 2.80. The molecule has 0 saturated carbocycles. The molecule has 1 aromatic heterocycles. The molecule has 0 spiro atoms. The van der Waals surface area contributed by atoms with Crippen LogP contribution in [0.4, 0.5) is 0 Å². The average molecular weight is 186 g/mol. The largest absolute Gasteiger partial charge is 0.411 e. The van der Waals surface area contributed by atoms with E-state index in [2.05, 4.69) is 27.9 Å². The molecule has 70 valence electrons. The molecule has 1 aliphatic rings. The fourth-order valence-electron chi connectivity index (χ4n) is 2.14. The second-order valence-corrected chi connectivity index (χ2v) is 3.54. The van der Waals surface area contributed by atoms with Crippen molar-refractivity contribution in [1.82, 2.24) is 4.57 Å². The van der Waals surface area contributed by atoms with Crippen molar-refractivity contribution in [2.24, 2.45) is 5.16 Å². The maximum atomic E-state index is 8.81. The van der Waals surface area contributed by atoms with Crippen LogP contribution in [0.15, 0.2) is 35.5 Å². The summed E-state index contributed by atoms with van der Waals surface area (Å²) >= 11 is 0. The third-order valence-corrected chi connectivity index (χ3v) is 2.80. The molecular formula is C11H10N2O. The van der Waals surface area contributed by atoms with E-state index in [1.54, 1.807) is 0 Å². The van der Waals surface area contributed by atoms with Crippen LogP contribution in [-0.2, 0) is 6.54 Å². The highest BCUT2D eigenvalue weighted by molar-refractivity contribution is 6.05. The van der Waals surface area contributed by atoms with Gasteiger partial charge in [-0.2, -0.15) is 0 Å². The highest BCUT2D eigenvalue weighted by Gasteiger charge is 2.20. The smallest absolute Gasteiger partial charge is 0.105 e. The molecule has 0 fully saturated rings. The number of hydrogen-bond acceptors (Lipinski definition) is 2. The van der Waals surface area contributed by atoms with Crippen LogP contribution < -0.4 is 0 Å². The van der Waals surface area contributed by atoms with Crippen molar-refractivity contribution in [3.8, 4) is 0 Å². The summed E-state index contributed by atoms with van der Waals surface area (Å²) in [4.78, 5) is 0. The number of aromatic nitrogens is 1. The van der Waals surface area contributed by atoms with Gasteiger partial charge in [0.1, 0.15) is 5.71 Å². The Morgan fingerprint density at radius 2 is 2.14 bits per heavy atom. The zero-order valence-electron chi connectivity index (χ0n) is 7.64. The van der Waals surface area contributed by atoms with Gasteiger partial charge in [0.15, 0.2) is 0 Å². The zero-order valence-corrected chi connectivity index (χ0v) is 7.64. The fourth-order valence-corrected chi connectivity index (χ4v) is 2.14. The summed E-state index contributed by atoms with van der Waals surface area (Å²) in [5, 5.41) is 13.3. The lowest BCUT2D eigenvalue weighted by Crippen LogP contribution is -1.93. The van der Waals surface area contributed by atoms with Gasteiger partial charge in [0.2, 0.25) is 0 Å². The van der Waals surface area contributed by atoms with Gasteiger partial charge in [0.05, 0.1) is 5.69 Å². The normalized spacial score (nSPS) is 17.9. The van der Waals surface area contributed by atoms with Crippen molar-refractivity contribution < 1.29 is 5.21 Å². The van der Waals surface area contributed by atoms with Crippen LogP contribution in [0.3, 0.4) is 0 Å². The first kappa shape index (κ1) is 7.62. The average Bonchev–Trinajstić information content (AvgIpc) is 2.75. The van der Waals surface area contributed by atoms with E-state index in [0.717, 1.165) is 24.4 Å². The maximum Gasteiger partial charge on any atom is 0.105 e. The van der Waals surface area contributed by atoms with Gasteiger partial charge in [-0.25, -0.2) is 0 Å². The van der Waals surface area contributed by atoms with Crippen molar-refractivity contribution >= 4 is 16.6 Å². The molecule has 0 bridgehead atoms. The minimum Gasteiger partial charge on any atom is -0.411 e. The third kappa shape index (κ3) is 0.839. The van der Waals surface area contributed by atoms with Crippen LogP contribution in [0.2, 0.25) is 0 Å². The molecule has 1 N–H and O–H groups in total. The SMILES string of the molecule is O/N=C1\CCn2c1cc1ccccc12. The van der Waals surface area contributed by atoms with Gasteiger partial charge in [-0.15, -0.1) is 0 Å². The van der Waals surface area contributed by atoms with Crippen LogP contribution >= 0.6 is 0 Å². The molecule has 3 heteroatoms. The molecule has 0 amide bonds. The first-order valence-electron chi connectivity index (χ1n) is 4.70.